The van der Waals surface area contributed by atoms with Gasteiger partial charge in [0, 0.05) is 24.5 Å². The zero-order valence-electron chi connectivity index (χ0n) is 9.38. The Labute approximate surface area is 108 Å². The van der Waals surface area contributed by atoms with Crippen LogP contribution in [0.3, 0.4) is 0 Å². The fourth-order valence-corrected chi connectivity index (χ4v) is 2.51. The Bertz CT molecular complexity index is 381. The fraction of sp³-hybridized carbons (Fsp3) is 0.600. The van der Waals surface area contributed by atoms with E-state index in [1.807, 2.05) is 18.8 Å². The lowest BCUT2D eigenvalue weighted by atomic mass is 10.4. The lowest BCUT2D eigenvalue weighted by Gasteiger charge is -2.14. The standard InChI is InChI=1S/C10H15BrN4S/c1-12-9-13-5-7(11)8(15-9)14-6-10(16-2)3-4-10/h5H,3-4,6H2,1-2H3,(H2,12,13,14,15). The molecule has 0 atom stereocenters. The van der Waals surface area contributed by atoms with Gasteiger partial charge in [-0.1, -0.05) is 0 Å². The summed E-state index contributed by atoms with van der Waals surface area (Å²) in [7, 11) is 1.82. The van der Waals surface area contributed by atoms with Gasteiger partial charge < -0.3 is 10.6 Å². The minimum absolute atomic E-state index is 0.435. The molecule has 0 unspecified atom stereocenters. The summed E-state index contributed by atoms with van der Waals surface area (Å²) in [6.45, 7) is 0.965. The van der Waals surface area contributed by atoms with E-state index in [1.54, 1.807) is 6.20 Å². The maximum Gasteiger partial charge on any atom is 0.224 e. The molecule has 0 saturated heterocycles. The predicted octanol–water partition coefficient (Wildman–Crippen LogP) is 2.59. The van der Waals surface area contributed by atoms with Crippen molar-refractivity contribution in [3.8, 4) is 0 Å². The Kier molecular flexibility index (Phi) is 3.59. The average molecular weight is 303 g/mol. The summed E-state index contributed by atoms with van der Waals surface area (Å²) in [5.74, 6) is 1.50. The first-order chi connectivity index (χ1) is 7.69. The molecule has 1 saturated carbocycles. The van der Waals surface area contributed by atoms with E-state index < -0.39 is 0 Å². The summed E-state index contributed by atoms with van der Waals surface area (Å²) < 4.78 is 1.34. The van der Waals surface area contributed by atoms with Crippen LogP contribution in [0.5, 0.6) is 0 Å². The minimum Gasteiger partial charge on any atom is -0.368 e. The predicted molar refractivity (Wildman–Crippen MR) is 73.2 cm³/mol. The van der Waals surface area contributed by atoms with E-state index in [9.17, 15) is 0 Å². The summed E-state index contributed by atoms with van der Waals surface area (Å²) in [4.78, 5) is 8.49. The molecule has 0 amide bonds. The van der Waals surface area contributed by atoms with Gasteiger partial charge in [0.05, 0.1) is 4.47 Å². The molecule has 0 spiro atoms. The molecule has 16 heavy (non-hydrogen) atoms. The van der Waals surface area contributed by atoms with Crippen molar-refractivity contribution in [1.82, 2.24) is 9.97 Å². The zero-order valence-corrected chi connectivity index (χ0v) is 11.8. The maximum atomic E-state index is 4.37. The van der Waals surface area contributed by atoms with Crippen LogP contribution < -0.4 is 10.6 Å². The monoisotopic (exact) mass is 302 g/mol. The molecule has 0 bridgehead atoms. The number of aromatic nitrogens is 2. The molecule has 1 aliphatic rings. The van der Waals surface area contributed by atoms with Gasteiger partial charge in [-0.05, 0) is 35.0 Å². The van der Waals surface area contributed by atoms with Gasteiger partial charge in [-0.15, -0.1) is 0 Å². The van der Waals surface area contributed by atoms with Gasteiger partial charge in [0.15, 0.2) is 0 Å². The summed E-state index contributed by atoms with van der Waals surface area (Å²) in [5, 5.41) is 6.32. The van der Waals surface area contributed by atoms with Crippen LogP contribution >= 0.6 is 27.7 Å². The second-order valence-corrected chi connectivity index (χ2v) is 6.01. The van der Waals surface area contributed by atoms with Crippen molar-refractivity contribution in [2.75, 3.05) is 30.5 Å². The van der Waals surface area contributed by atoms with Gasteiger partial charge in [-0.25, -0.2) is 4.98 Å². The Morgan fingerprint density at radius 2 is 2.31 bits per heavy atom. The highest BCUT2D eigenvalue weighted by Crippen LogP contribution is 2.47. The molecule has 1 aliphatic carbocycles. The van der Waals surface area contributed by atoms with Crippen molar-refractivity contribution in [2.45, 2.75) is 17.6 Å². The van der Waals surface area contributed by atoms with Gasteiger partial charge in [-0.3, -0.25) is 0 Å². The molecule has 2 N–H and O–H groups in total. The Balaban J connectivity index is 2.03. The lowest BCUT2D eigenvalue weighted by molar-refractivity contribution is 0.935. The van der Waals surface area contributed by atoms with Crippen molar-refractivity contribution in [1.29, 1.82) is 0 Å². The third-order valence-electron chi connectivity index (χ3n) is 2.79. The second-order valence-electron chi connectivity index (χ2n) is 3.88. The number of nitrogens with zero attached hydrogens (tertiary/aromatic N) is 2. The van der Waals surface area contributed by atoms with Crippen molar-refractivity contribution in [3.63, 3.8) is 0 Å². The Hall–Kier alpha value is -0.490. The van der Waals surface area contributed by atoms with Crippen molar-refractivity contribution in [2.24, 2.45) is 0 Å². The summed E-state index contributed by atoms with van der Waals surface area (Å²) >= 11 is 5.38. The highest BCUT2D eigenvalue weighted by atomic mass is 79.9. The van der Waals surface area contributed by atoms with E-state index in [-0.39, 0.29) is 0 Å². The van der Waals surface area contributed by atoms with E-state index in [1.165, 1.54) is 12.8 Å². The van der Waals surface area contributed by atoms with E-state index in [0.29, 0.717) is 10.7 Å². The zero-order chi connectivity index (χ0) is 11.6. The minimum atomic E-state index is 0.435. The highest BCUT2D eigenvalue weighted by Gasteiger charge is 2.41. The Morgan fingerprint density at radius 1 is 1.56 bits per heavy atom. The van der Waals surface area contributed by atoms with Gasteiger partial charge in [-0.2, -0.15) is 16.7 Å². The highest BCUT2D eigenvalue weighted by molar-refractivity contribution is 9.10. The smallest absolute Gasteiger partial charge is 0.224 e. The first-order valence-electron chi connectivity index (χ1n) is 5.18. The number of thioether (sulfide) groups is 1. The molecule has 1 aromatic heterocycles. The fourth-order valence-electron chi connectivity index (χ4n) is 1.45. The third-order valence-corrected chi connectivity index (χ3v) is 4.79. The number of nitrogens with one attached hydrogen (secondary N) is 2. The molecule has 0 aliphatic heterocycles. The van der Waals surface area contributed by atoms with Crippen LogP contribution in [0.15, 0.2) is 10.7 Å². The SMILES string of the molecule is CNc1ncc(Br)c(NCC2(SC)CC2)n1. The van der Waals surface area contributed by atoms with Crippen molar-refractivity contribution < 1.29 is 0 Å². The van der Waals surface area contributed by atoms with Crippen LogP contribution in [-0.2, 0) is 0 Å². The van der Waals surface area contributed by atoms with Crippen LogP contribution in [-0.4, -0.2) is 34.6 Å². The van der Waals surface area contributed by atoms with E-state index >= 15 is 0 Å². The lowest BCUT2D eigenvalue weighted by Crippen LogP contribution is -2.18. The van der Waals surface area contributed by atoms with Crippen LogP contribution in [0.25, 0.3) is 0 Å². The molecule has 0 radical (unpaired) electrons. The molecule has 1 heterocycles. The molecule has 4 nitrogen and oxygen atoms in total. The second kappa shape index (κ2) is 4.79. The molecule has 1 fully saturated rings. The third kappa shape index (κ3) is 2.60. The quantitative estimate of drug-likeness (QED) is 0.875. The molecular formula is C10H15BrN4S. The molecule has 88 valence electrons. The van der Waals surface area contributed by atoms with Crippen LogP contribution in [0, 0.1) is 0 Å². The van der Waals surface area contributed by atoms with E-state index in [0.717, 1.165) is 16.8 Å². The number of hydrogen-bond donors (Lipinski definition) is 2. The van der Waals surface area contributed by atoms with Crippen LogP contribution in [0.2, 0.25) is 0 Å². The number of halogens is 1. The molecule has 2 rings (SSSR count). The average Bonchev–Trinajstić information content (AvgIpc) is 3.09. The van der Waals surface area contributed by atoms with Crippen LogP contribution in [0.4, 0.5) is 11.8 Å². The van der Waals surface area contributed by atoms with Gasteiger partial charge >= 0.3 is 0 Å². The normalized spacial score (nSPS) is 16.9. The van der Waals surface area contributed by atoms with Crippen LogP contribution in [0.1, 0.15) is 12.8 Å². The largest absolute Gasteiger partial charge is 0.368 e. The summed E-state index contributed by atoms with van der Waals surface area (Å²) in [6.07, 6.45) is 6.52. The number of hydrogen-bond acceptors (Lipinski definition) is 5. The van der Waals surface area contributed by atoms with Crippen molar-refractivity contribution in [3.05, 3.63) is 10.7 Å². The molecular weight excluding hydrogens is 288 g/mol. The number of rotatable bonds is 5. The summed E-state index contributed by atoms with van der Waals surface area (Å²) in [6, 6.07) is 0. The van der Waals surface area contributed by atoms with Crippen molar-refractivity contribution >= 4 is 39.5 Å². The number of anilines is 2. The maximum absolute atomic E-state index is 4.37. The van der Waals surface area contributed by atoms with Gasteiger partial charge in [0.1, 0.15) is 5.82 Å². The summed E-state index contributed by atoms with van der Waals surface area (Å²) in [5.41, 5.74) is 0. The Morgan fingerprint density at radius 3 is 2.88 bits per heavy atom. The first kappa shape index (κ1) is 12.0. The molecule has 1 aromatic rings. The molecule has 0 aromatic carbocycles. The van der Waals surface area contributed by atoms with E-state index in [4.69, 9.17) is 0 Å². The van der Waals surface area contributed by atoms with E-state index in [2.05, 4.69) is 42.8 Å². The molecule has 6 heteroatoms. The topological polar surface area (TPSA) is 49.8 Å². The van der Waals surface area contributed by atoms with Gasteiger partial charge in [0.25, 0.3) is 0 Å². The van der Waals surface area contributed by atoms with Gasteiger partial charge in [0.2, 0.25) is 5.95 Å². The first-order valence-corrected chi connectivity index (χ1v) is 7.20.